The van der Waals surface area contributed by atoms with E-state index in [2.05, 4.69) is 11.4 Å². The highest BCUT2D eigenvalue weighted by Gasteiger charge is 2.46. The van der Waals surface area contributed by atoms with Crippen molar-refractivity contribution in [2.45, 2.75) is 77.9 Å². The number of allylic oxidation sites excluding steroid dienone is 2. The van der Waals surface area contributed by atoms with Gasteiger partial charge in [-0.3, -0.25) is 9.59 Å². The molecule has 9 heteroatoms. The van der Waals surface area contributed by atoms with E-state index in [4.69, 9.17) is 14.6 Å². The highest BCUT2D eigenvalue weighted by molar-refractivity contribution is 5.94. The number of carboxylic acid groups (broad SMARTS) is 2. The third-order valence-electron chi connectivity index (χ3n) is 6.74. The summed E-state index contributed by atoms with van der Waals surface area (Å²) in [5, 5.41) is 21.2. The molecule has 1 aliphatic carbocycles. The molecule has 1 aromatic rings. The average molecular weight is 488 g/mol. The summed E-state index contributed by atoms with van der Waals surface area (Å²) in [5.74, 6) is -3.96. The topological polar surface area (TPSA) is 139 Å². The van der Waals surface area contributed by atoms with Crippen molar-refractivity contribution < 1.29 is 38.9 Å². The first kappa shape index (κ1) is 26.2. The van der Waals surface area contributed by atoms with Crippen molar-refractivity contribution in [3.63, 3.8) is 0 Å². The maximum absolute atomic E-state index is 13.2. The van der Waals surface area contributed by atoms with Crippen molar-refractivity contribution in [3.05, 3.63) is 34.9 Å². The Bertz CT molecular complexity index is 1070. The molecule has 3 atom stereocenters. The van der Waals surface area contributed by atoms with Gasteiger partial charge in [-0.15, -0.1) is 0 Å². The lowest BCUT2D eigenvalue weighted by Crippen LogP contribution is -2.47. The lowest BCUT2D eigenvalue weighted by atomic mass is 9.68. The van der Waals surface area contributed by atoms with E-state index >= 15 is 0 Å². The first-order chi connectivity index (χ1) is 16.3. The summed E-state index contributed by atoms with van der Waals surface area (Å²) in [6.07, 6.45) is 3.17. The number of carbonyl (C=O) groups is 4. The molecule has 35 heavy (non-hydrogen) atoms. The van der Waals surface area contributed by atoms with Gasteiger partial charge in [-0.1, -0.05) is 25.5 Å². The van der Waals surface area contributed by atoms with E-state index < -0.39 is 35.5 Å². The summed E-state index contributed by atoms with van der Waals surface area (Å²) in [6.45, 7) is 9.43. The molecule has 3 rings (SSSR count). The maximum atomic E-state index is 13.2. The van der Waals surface area contributed by atoms with Crippen LogP contribution in [0.25, 0.3) is 0 Å². The molecular weight excluding hydrogens is 454 g/mol. The summed E-state index contributed by atoms with van der Waals surface area (Å²) in [5.41, 5.74) is 1.01. The van der Waals surface area contributed by atoms with Gasteiger partial charge >= 0.3 is 17.9 Å². The molecule has 3 unspecified atom stereocenters. The number of esters is 1. The minimum atomic E-state index is -1.25. The molecule has 190 valence electrons. The Labute approximate surface area is 204 Å². The molecule has 0 spiro atoms. The zero-order valence-corrected chi connectivity index (χ0v) is 20.7. The molecule has 3 N–H and O–H groups in total. The first-order valence-corrected chi connectivity index (χ1v) is 11.8. The lowest BCUT2D eigenvalue weighted by Gasteiger charge is -2.46. The summed E-state index contributed by atoms with van der Waals surface area (Å²) in [4.78, 5) is 48.3. The Hall–Kier alpha value is -3.36. The number of ether oxygens (including phenoxy) is 2. The van der Waals surface area contributed by atoms with Crippen LogP contribution in [0.2, 0.25) is 0 Å². The number of carbonyl (C=O) groups excluding carboxylic acids is 2. The molecule has 1 aromatic carbocycles. The highest BCUT2D eigenvalue weighted by atomic mass is 16.5. The van der Waals surface area contributed by atoms with Gasteiger partial charge in [-0.05, 0) is 51.7 Å². The Kier molecular flexibility index (Phi) is 7.57. The number of nitrogens with one attached hydrogen (secondary N) is 1. The van der Waals surface area contributed by atoms with Gasteiger partial charge in [0.2, 0.25) is 5.91 Å². The summed E-state index contributed by atoms with van der Waals surface area (Å²) < 4.78 is 12.0. The van der Waals surface area contributed by atoms with Crippen LogP contribution < -0.4 is 14.8 Å². The van der Waals surface area contributed by atoms with Gasteiger partial charge in [-0.2, -0.15) is 0 Å². The smallest absolute Gasteiger partial charge is 0.339 e. The first-order valence-electron chi connectivity index (χ1n) is 11.8. The summed E-state index contributed by atoms with van der Waals surface area (Å²) in [6, 6.07) is 1.86. The van der Waals surface area contributed by atoms with Crippen molar-refractivity contribution >= 4 is 23.8 Å². The zero-order valence-electron chi connectivity index (χ0n) is 20.7. The SMILES string of the molecule is CC1=CC2c3c(ccc(C(=O)O)c3OC(=O)C(NC(=O)CCC(=O)O)C(C)C)OC(C)(C)C2CC1. The van der Waals surface area contributed by atoms with E-state index in [1.807, 2.05) is 20.8 Å². The molecule has 1 heterocycles. The van der Waals surface area contributed by atoms with E-state index in [9.17, 15) is 24.3 Å². The number of carboxylic acids is 2. The maximum Gasteiger partial charge on any atom is 0.339 e. The van der Waals surface area contributed by atoms with Gasteiger partial charge in [0.15, 0.2) is 5.75 Å². The number of aromatic carboxylic acids is 1. The summed E-state index contributed by atoms with van der Waals surface area (Å²) in [7, 11) is 0. The second-order valence-corrected chi connectivity index (χ2v) is 10.2. The Morgan fingerprint density at radius 2 is 1.86 bits per heavy atom. The molecule has 0 bridgehead atoms. The van der Waals surface area contributed by atoms with Crippen LogP contribution in [0, 0.1) is 11.8 Å². The summed E-state index contributed by atoms with van der Waals surface area (Å²) >= 11 is 0. The quantitative estimate of drug-likeness (QED) is 0.285. The molecule has 0 saturated carbocycles. The minimum absolute atomic E-state index is 0.0526. The van der Waals surface area contributed by atoms with Crippen molar-refractivity contribution in [3.8, 4) is 11.5 Å². The number of hydrogen-bond donors (Lipinski definition) is 3. The van der Waals surface area contributed by atoms with Crippen LogP contribution in [0.4, 0.5) is 0 Å². The predicted molar refractivity (Wildman–Crippen MR) is 127 cm³/mol. The molecule has 1 amide bonds. The third-order valence-corrected chi connectivity index (χ3v) is 6.74. The molecule has 2 aliphatic rings. The van der Waals surface area contributed by atoms with Crippen LogP contribution in [0.15, 0.2) is 23.8 Å². The largest absolute Gasteiger partial charge is 0.487 e. The fourth-order valence-corrected chi connectivity index (χ4v) is 4.88. The Morgan fingerprint density at radius 3 is 2.46 bits per heavy atom. The van der Waals surface area contributed by atoms with Gasteiger partial charge in [0.1, 0.15) is 23.0 Å². The van der Waals surface area contributed by atoms with Gasteiger partial charge < -0.3 is 25.0 Å². The van der Waals surface area contributed by atoms with Crippen molar-refractivity contribution in [2.24, 2.45) is 11.8 Å². The zero-order chi connectivity index (χ0) is 26.1. The van der Waals surface area contributed by atoms with Crippen LogP contribution in [0.5, 0.6) is 11.5 Å². The fraction of sp³-hybridized carbons (Fsp3) is 0.538. The molecule has 0 saturated heterocycles. The van der Waals surface area contributed by atoms with E-state index in [0.29, 0.717) is 11.3 Å². The molecule has 0 aromatic heterocycles. The highest BCUT2D eigenvalue weighted by Crippen LogP contribution is 2.54. The van der Waals surface area contributed by atoms with E-state index in [-0.39, 0.29) is 41.9 Å². The van der Waals surface area contributed by atoms with Crippen molar-refractivity contribution in [2.75, 3.05) is 0 Å². The van der Waals surface area contributed by atoms with Gasteiger partial charge in [0.05, 0.1) is 6.42 Å². The van der Waals surface area contributed by atoms with Crippen LogP contribution in [0.3, 0.4) is 0 Å². The Balaban J connectivity index is 2.02. The standard InChI is InChI=1S/C26H33NO8/c1-13(2)22(27-19(28)10-11-20(29)30)25(33)34-23-15(24(31)32)7-9-18-21(23)16-12-14(3)6-8-17(16)26(4,5)35-18/h7,9,12-13,16-17,22H,6,8,10-11H2,1-5H3,(H,27,28)(H,29,30)(H,31,32). The van der Waals surface area contributed by atoms with Gasteiger partial charge in [0.25, 0.3) is 0 Å². The van der Waals surface area contributed by atoms with Crippen LogP contribution in [0.1, 0.15) is 82.1 Å². The monoisotopic (exact) mass is 487 g/mol. The van der Waals surface area contributed by atoms with Crippen molar-refractivity contribution in [1.82, 2.24) is 5.32 Å². The number of hydrogen-bond acceptors (Lipinski definition) is 6. The van der Waals surface area contributed by atoms with Crippen LogP contribution in [-0.2, 0) is 14.4 Å². The molecular formula is C26H33NO8. The second-order valence-electron chi connectivity index (χ2n) is 10.2. The number of aliphatic carboxylic acids is 1. The van der Waals surface area contributed by atoms with Crippen molar-refractivity contribution in [1.29, 1.82) is 0 Å². The second kappa shape index (κ2) is 10.1. The number of fused-ring (bicyclic) bond motifs is 3. The van der Waals surface area contributed by atoms with E-state index in [1.165, 1.54) is 11.6 Å². The van der Waals surface area contributed by atoms with Gasteiger partial charge in [-0.25, -0.2) is 9.59 Å². The molecule has 0 fully saturated rings. The number of rotatable bonds is 8. The minimum Gasteiger partial charge on any atom is -0.487 e. The van der Waals surface area contributed by atoms with Crippen LogP contribution in [-0.4, -0.2) is 45.7 Å². The predicted octanol–water partition coefficient (Wildman–Crippen LogP) is 3.91. The van der Waals surface area contributed by atoms with E-state index in [1.54, 1.807) is 19.9 Å². The third kappa shape index (κ3) is 5.66. The number of amides is 1. The molecule has 9 nitrogen and oxygen atoms in total. The number of benzene rings is 1. The Morgan fingerprint density at radius 1 is 1.17 bits per heavy atom. The fourth-order valence-electron chi connectivity index (χ4n) is 4.88. The van der Waals surface area contributed by atoms with Gasteiger partial charge in [0, 0.05) is 23.8 Å². The molecule has 0 radical (unpaired) electrons. The normalized spacial score (nSPS) is 21.0. The average Bonchev–Trinajstić information content (AvgIpc) is 2.74. The molecule has 1 aliphatic heterocycles. The lowest BCUT2D eigenvalue weighted by molar-refractivity contribution is -0.141. The van der Waals surface area contributed by atoms with E-state index in [0.717, 1.165) is 12.8 Å². The van der Waals surface area contributed by atoms with Crippen LogP contribution >= 0.6 is 0 Å².